The van der Waals surface area contributed by atoms with Gasteiger partial charge in [0, 0.05) is 19.8 Å². The van der Waals surface area contributed by atoms with E-state index in [1.165, 1.54) is 0 Å². The van der Waals surface area contributed by atoms with Gasteiger partial charge in [-0.1, -0.05) is 40.0 Å². The summed E-state index contributed by atoms with van der Waals surface area (Å²) >= 11 is 0. The van der Waals surface area contributed by atoms with Gasteiger partial charge in [-0.25, -0.2) is 0 Å². The summed E-state index contributed by atoms with van der Waals surface area (Å²) in [6.07, 6.45) is 3.22. The molecule has 160 valence electrons. The van der Waals surface area contributed by atoms with Crippen molar-refractivity contribution in [3.05, 3.63) is 0 Å². The van der Waals surface area contributed by atoms with Crippen LogP contribution in [0.15, 0.2) is 0 Å². The molecule has 0 bridgehead atoms. The summed E-state index contributed by atoms with van der Waals surface area (Å²) in [5.74, 6) is -0.730. The van der Waals surface area contributed by atoms with Crippen molar-refractivity contribution in [1.29, 1.82) is 0 Å². The zero-order valence-corrected chi connectivity index (χ0v) is 17.8. The molecule has 2 aliphatic rings. The van der Waals surface area contributed by atoms with Crippen molar-refractivity contribution in [1.82, 2.24) is 0 Å². The molecule has 1 saturated heterocycles. The van der Waals surface area contributed by atoms with Crippen LogP contribution in [-0.4, -0.2) is 67.3 Å². The molecule has 1 heterocycles. The number of hydrogen-bond donors (Lipinski definition) is 1. The van der Waals surface area contributed by atoms with E-state index in [4.69, 9.17) is 23.7 Å². The second-order valence-corrected chi connectivity index (χ2v) is 8.12. The van der Waals surface area contributed by atoms with Gasteiger partial charge in [0.25, 0.3) is 0 Å². The largest absolute Gasteiger partial charge is 0.387 e. The maximum absolute atomic E-state index is 11.1. The van der Waals surface area contributed by atoms with Crippen molar-refractivity contribution in [2.75, 3.05) is 19.8 Å². The molecular formula is C21H40O6. The standard InChI is InChI=1S/C21H40O6/c1-6-9-12-23-16-15(22)17(24-13-10-7-2)19-20(27-21(4,5)26-19)18(16)25-14-11-8-3/h15-20,22H,6-14H2,1-5H3/t15-,16?,17?,18?,19+,20?/m0/s1. The summed E-state index contributed by atoms with van der Waals surface area (Å²) in [4.78, 5) is 0. The van der Waals surface area contributed by atoms with Crippen LogP contribution in [0.4, 0.5) is 0 Å². The van der Waals surface area contributed by atoms with Gasteiger partial charge in [0.2, 0.25) is 0 Å². The Morgan fingerprint density at radius 1 is 0.704 bits per heavy atom. The monoisotopic (exact) mass is 388 g/mol. The molecule has 1 N–H and O–H groups in total. The summed E-state index contributed by atoms with van der Waals surface area (Å²) in [5, 5.41) is 11.1. The number of rotatable bonds is 12. The zero-order chi connectivity index (χ0) is 19.9. The lowest BCUT2D eigenvalue weighted by Gasteiger charge is -2.44. The van der Waals surface area contributed by atoms with Gasteiger partial charge in [-0.05, 0) is 33.1 Å². The molecule has 0 spiro atoms. The third-order valence-corrected chi connectivity index (χ3v) is 5.23. The van der Waals surface area contributed by atoms with Crippen LogP contribution in [0.3, 0.4) is 0 Å². The Hall–Kier alpha value is -0.240. The highest BCUT2D eigenvalue weighted by Gasteiger charge is 2.59. The van der Waals surface area contributed by atoms with Gasteiger partial charge in [-0.2, -0.15) is 0 Å². The number of unbranched alkanes of at least 4 members (excludes halogenated alkanes) is 3. The van der Waals surface area contributed by atoms with Crippen molar-refractivity contribution < 1.29 is 28.8 Å². The molecule has 0 aromatic heterocycles. The molecule has 27 heavy (non-hydrogen) atoms. The lowest BCUT2D eigenvalue weighted by Crippen LogP contribution is -2.64. The first-order chi connectivity index (χ1) is 12.9. The highest BCUT2D eigenvalue weighted by atomic mass is 16.8. The molecule has 1 aliphatic heterocycles. The van der Waals surface area contributed by atoms with E-state index in [0.29, 0.717) is 19.8 Å². The first-order valence-corrected chi connectivity index (χ1v) is 10.8. The number of fused-ring (bicyclic) bond motifs is 1. The molecule has 0 aromatic carbocycles. The molecule has 0 radical (unpaired) electrons. The smallest absolute Gasteiger partial charge is 0.164 e. The predicted octanol–water partition coefficient (Wildman–Crippen LogP) is 3.44. The Balaban J connectivity index is 2.18. The Labute approximate surface area is 164 Å². The molecular weight excluding hydrogens is 348 g/mol. The minimum Gasteiger partial charge on any atom is -0.387 e. The lowest BCUT2D eigenvalue weighted by molar-refractivity contribution is -0.232. The summed E-state index contributed by atoms with van der Waals surface area (Å²) in [7, 11) is 0. The van der Waals surface area contributed by atoms with Crippen LogP contribution in [0.1, 0.15) is 73.1 Å². The van der Waals surface area contributed by atoms with E-state index in [1.807, 2.05) is 13.8 Å². The van der Waals surface area contributed by atoms with Gasteiger partial charge >= 0.3 is 0 Å². The lowest BCUT2D eigenvalue weighted by atomic mass is 9.84. The van der Waals surface area contributed by atoms with Crippen LogP contribution in [0, 0.1) is 0 Å². The first kappa shape index (κ1) is 23.0. The topological polar surface area (TPSA) is 66.4 Å². The Kier molecular flexibility index (Phi) is 9.45. The van der Waals surface area contributed by atoms with E-state index in [-0.39, 0.29) is 18.3 Å². The van der Waals surface area contributed by atoms with Crippen molar-refractivity contribution in [2.24, 2.45) is 0 Å². The Bertz CT molecular complexity index is 415. The van der Waals surface area contributed by atoms with E-state index in [2.05, 4.69) is 20.8 Å². The van der Waals surface area contributed by atoms with Crippen molar-refractivity contribution in [2.45, 2.75) is 116 Å². The molecule has 6 atom stereocenters. The molecule has 2 fully saturated rings. The van der Waals surface area contributed by atoms with Gasteiger partial charge in [-0.15, -0.1) is 0 Å². The number of ether oxygens (including phenoxy) is 5. The second kappa shape index (κ2) is 11.1. The van der Waals surface area contributed by atoms with Gasteiger partial charge in [0.1, 0.15) is 36.6 Å². The van der Waals surface area contributed by atoms with Crippen molar-refractivity contribution in [3.8, 4) is 0 Å². The summed E-state index contributed by atoms with van der Waals surface area (Å²) in [5.41, 5.74) is 0. The highest BCUT2D eigenvalue weighted by molar-refractivity contribution is 5.06. The van der Waals surface area contributed by atoms with E-state index in [1.54, 1.807) is 0 Å². The van der Waals surface area contributed by atoms with Crippen LogP contribution < -0.4 is 0 Å². The van der Waals surface area contributed by atoms with Gasteiger partial charge < -0.3 is 28.8 Å². The number of aliphatic hydroxyl groups excluding tert-OH is 1. The van der Waals surface area contributed by atoms with E-state index in [9.17, 15) is 5.11 Å². The number of hydrogen-bond acceptors (Lipinski definition) is 6. The SMILES string of the molecule is CCCCOC1C(OCCCC)[C@H](O)C(OCCCC)[C@H]2OC(C)(C)OC12. The average Bonchev–Trinajstić information content (AvgIpc) is 2.95. The zero-order valence-electron chi connectivity index (χ0n) is 17.8. The molecule has 1 aliphatic carbocycles. The van der Waals surface area contributed by atoms with Gasteiger partial charge in [0.05, 0.1) is 0 Å². The molecule has 4 unspecified atom stereocenters. The molecule has 6 heteroatoms. The van der Waals surface area contributed by atoms with E-state index in [0.717, 1.165) is 38.5 Å². The minimum atomic E-state index is -0.802. The Morgan fingerprint density at radius 2 is 1.11 bits per heavy atom. The van der Waals surface area contributed by atoms with Crippen molar-refractivity contribution >= 4 is 0 Å². The predicted molar refractivity (Wildman–Crippen MR) is 104 cm³/mol. The summed E-state index contributed by atoms with van der Waals surface area (Å²) in [6.45, 7) is 12.0. The van der Waals surface area contributed by atoms with Gasteiger partial charge in [0.15, 0.2) is 5.79 Å². The third-order valence-electron chi connectivity index (χ3n) is 5.23. The fraction of sp³-hybridized carbons (Fsp3) is 1.00. The summed E-state index contributed by atoms with van der Waals surface area (Å²) in [6, 6.07) is 0. The maximum Gasteiger partial charge on any atom is 0.164 e. The second-order valence-electron chi connectivity index (χ2n) is 8.12. The van der Waals surface area contributed by atoms with Crippen LogP contribution in [0.2, 0.25) is 0 Å². The van der Waals surface area contributed by atoms with Gasteiger partial charge in [-0.3, -0.25) is 0 Å². The van der Waals surface area contributed by atoms with Crippen LogP contribution in [-0.2, 0) is 23.7 Å². The fourth-order valence-electron chi connectivity index (χ4n) is 3.76. The molecule has 1 saturated carbocycles. The van der Waals surface area contributed by atoms with Crippen LogP contribution in [0.25, 0.3) is 0 Å². The van der Waals surface area contributed by atoms with E-state index < -0.39 is 24.1 Å². The normalized spacial score (nSPS) is 35.3. The number of aliphatic hydroxyl groups is 1. The minimum absolute atomic E-state index is 0.307. The van der Waals surface area contributed by atoms with Crippen LogP contribution >= 0.6 is 0 Å². The molecule has 0 aromatic rings. The third kappa shape index (κ3) is 6.12. The fourth-order valence-corrected chi connectivity index (χ4v) is 3.76. The van der Waals surface area contributed by atoms with Crippen molar-refractivity contribution in [3.63, 3.8) is 0 Å². The maximum atomic E-state index is 11.1. The quantitative estimate of drug-likeness (QED) is 0.517. The average molecular weight is 389 g/mol. The van der Waals surface area contributed by atoms with E-state index >= 15 is 0 Å². The molecule has 6 nitrogen and oxygen atoms in total. The molecule has 0 amide bonds. The molecule has 2 rings (SSSR count). The summed E-state index contributed by atoms with van der Waals surface area (Å²) < 4.78 is 30.7. The Morgan fingerprint density at radius 3 is 1.59 bits per heavy atom. The van der Waals surface area contributed by atoms with Crippen LogP contribution in [0.5, 0.6) is 0 Å². The highest BCUT2D eigenvalue weighted by Crippen LogP contribution is 2.40. The first-order valence-electron chi connectivity index (χ1n) is 10.8.